The zero-order valence-electron chi connectivity index (χ0n) is 45.6. The first-order valence-electron chi connectivity index (χ1n) is 29.4. The highest BCUT2D eigenvalue weighted by Gasteiger charge is 2.19. The lowest BCUT2D eigenvalue weighted by molar-refractivity contribution is -0.167. The summed E-state index contributed by atoms with van der Waals surface area (Å²) in [5.41, 5.74) is 0. The SMILES string of the molecule is CC/C=C\C/C=C\C/C=C\C/C=C\C/C=C\CCCCCCCCCCCCCCCC(=O)OCC(COC(=O)CCCCCCCCCCCC)OC(=O)CCCCCCC/C=C\CCCCC. The molecule has 0 aliphatic rings. The fourth-order valence-corrected chi connectivity index (χ4v) is 8.29. The van der Waals surface area contributed by atoms with Crippen LogP contribution in [-0.2, 0) is 28.6 Å². The van der Waals surface area contributed by atoms with Gasteiger partial charge in [0.1, 0.15) is 13.2 Å². The number of allylic oxidation sites excluding steroid dienone is 12. The summed E-state index contributed by atoms with van der Waals surface area (Å²) in [7, 11) is 0. The fraction of sp³-hybridized carbons (Fsp3) is 0.762. The van der Waals surface area contributed by atoms with Crippen molar-refractivity contribution in [3.05, 3.63) is 72.9 Å². The number of unbranched alkanes of at least 4 members (excludes halogenated alkanes) is 30. The van der Waals surface area contributed by atoms with Crippen molar-refractivity contribution in [3.8, 4) is 0 Å². The molecule has 6 nitrogen and oxygen atoms in total. The molecule has 0 saturated heterocycles. The number of esters is 3. The largest absolute Gasteiger partial charge is 0.462 e. The molecular weight excluding hydrogens is 853 g/mol. The van der Waals surface area contributed by atoms with Gasteiger partial charge in [-0.25, -0.2) is 0 Å². The highest BCUT2D eigenvalue weighted by molar-refractivity contribution is 5.71. The molecule has 69 heavy (non-hydrogen) atoms. The van der Waals surface area contributed by atoms with Gasteiger partial charge in [0.25, 0.3) is 0 Å². The summed E-state index contributed by atoms with van der Waals surface area (Å²) in [6.07, 6.45) is 73.4. The Morgan fingerprint density at radius 3 is 0.928 bits per heavy atom. The molecule has 0 aliphatic heterocycles. The standard InChI is InChI=1S/C63H110O6/c1-4-7-10-13-16-19-22-24-25-26-27-28-29-30-31-32-33-34-35-36-37-38-39-40-42-44-47-50-53-56-62(65)68-59-60(58-67-61(64)55-52-49-46-43-21-18-15-12-9-6-3)69-63(66)57-54-51-48-45-41-23-20-17-14-11-8-5-2/h7,10,16-17,19-20,24-25,27-28,30-31,60H,4-6,8-9,11-15,18,21-23,26,29,32-59H2,1-3H3/b10-7-,19-16-,20-17-,25-24-,28-27-,31-30-. The van der Waals surface area contributed by atoms with Gasteiger partial charge in [-0.2, -0.15) is 0 Å². The highest BCUT2D eigenvalue weighted by atomic mass is 16.6. The Balaban J connectivity index is 4.13. The molecule has 0 N–H and O–H groups in total. The molecule has 0 aromatic rings. The summed E-state index contributed by atoms with van der Waals surface area (Å²) in [6, 6.07) is 0. The fourth-order valence-electron chi connectivity index (χ4n) is 8.29. The third-order valence-corrected chi connectivity index (χ3v) is 12.7. The minimum Gasteiger partial charge on any atom is -0.462 e. The van der Waals surface area contributed by atoms with Crippen LogP contribution in [0.5, 0.6) is 0 Å². The average molecular weight is 964 g/mol. The number of carbonyl (C=O) groups is 3. The van der Waals surface area contributed by atoms with E-state index in [0.29, 0.717) is 19.3 Å². The number of rotatable bonds is 53. The summed E-state index contributed by atoms with van der Waals surface area (Å²) >= 11 is 0. The minimum absolute atomic E-state index is 0.0754. The number of ether oxygens (including phenoxy) is 3. The predicted molar refractivity (Wildman–Crippen MR) is 298 cm³/mol. The average Bonchev–Trinajstić information content (AvgIpc) is 3.35. The van der Waals surface area contributed by atoms with Crippen molar-refractivity contribution in [2.45, 2.75) is 297 Å². The van der Waals surface area contributed by atoms with E-state index in [1.165, 1.54) is 148 Å². The summed E-state index contributed by atoms with van der Waals surface area (Å²) < 4.78 is 16.8. The van der Waals surface area contributed by atoms with Gasteiger partial charge in [-0.3, -0.25) is 14.4 Å². The smallest absolute Gasteiger partial charge is 0.306 e. The van der Waals surface area contributed by atoms with E-state index in [4.69, 9.17) is 14.2 Å². The molecule has 0 rings (SSSR count). The van der Waals surface area contributed by atoms with Gasteiger partial charge in [0.15, 0.2) is 6.10 Å². The second-order valence-electron chi connectivity index (χ2n) is 19.5. The van der Waals surface area contributed by atoms with Crippen LogP contribution in [0.3, 0.4) is 0 Å². The van der Waals surface area contributed by atoms with Gasteiger partial charge >= 0.3 is 17.9 Å². The second kappa shape index (κ2) is 57.4. The van der Waals surface area contributed by atoms with Crippen LogP contribution in [0.1, 0.15) is 290 Å². The Labute approximate surface area is 427 Å². The zero-order chi connectivity index (χ0) is 50.0. The third kappa shape index (κ3) is 55.6. The normalized spacial score (nSPS) is 12.6. The van der Waals surface area contributed by atoms with Crippen LogP contribution in [0.2, 0.25) is 0 Å². The number of carbonyl (C=O) groups excluding carboxylic acids is 3. The Morgan fingerprint density at radius 1 is 0.304 bits per heavy atom. The first kappa shape index (κ1) is 65.8. The van der Waals surface area contributed by atoms with Crippen LogP contribution >= 0.6 is 0 Å². The van der Waals surface area contributed by atoms with Gasteiger partial charge in [0.05, 0.1) is 0 Å². The number of hydrogen-bond donors (Lipinski definition) is 0. The van der Waals surface area contributed by atoms with E-state index >= 15 is 0 Å². The molecule has 0 spiro atoms. The van der Waals surface area contributed by atoms with Crippen molar-refractivity contribution >= 4 is 17.9 Å². The second-order valence-corrected chi connectivity index (χ2v) is 19.5. The van der Waals surface area contributed by atoms with E-state index in [2.05, 4.69) is 93.7 Å². The summed E-state index contributed by atoms with van der Waals surface area (Å²) in [5, 5.41) is 0. The molecule has 0 amide bonds. The van der Waals surface area contributed by atoms with Gasteiger partial charge in [0, 0.05) is 19.3 Å². The van der Waals surface area contributed by atoms with Gasteiger partial charge in [-0.05, 0) is 89.9 Å². The molecule has 0 heterocycles. The van der Waals surface area contributed by atoms with E-state index in [-0.39, 0.29) is 31.1 Å². The maximum absolute atomic E-state index is 12.8. The Hall–Kier alpha value is -3.15. The Morgan fingerprint density at radius 2 is 0.565 bits per heavy atom. The molecule has 0 saturated carbocycles. The van der Waals surface area contributed by atoms with Crippen molar-refractivity contribution in [2.75, 3.05) is 13.2 Å². The maximum Gasteiger partial charge on any atom is 0.306 e. The molecule has 0 aromatic carbocycles. The monoisotopic (exact) mass is 963 g/mol. The van der Waals surface area contributed by atoms with Crippen molar-refractivity contribution in [3.63, 3.8) is 0 Å². The molecule has 1 unspecified atom stereocenters. The van der Waals surface area contributed by atoms with E-state index in [1.54, 1.807) is 0 Å². The van der Waals surface area contributed by atoms with Crippen LogP contribution in [0.15, 0.2) is 72.9 Å². The van der Waals surface area contributed by atoms with Crippen LogP contribution in [0.25, 0.3) is 0 Å². The van der Waals surface area contributed by atoms with Gasteiger partial charge < -0.3 is 14.2 Å². The van der Waals surface area contributed by atoms with E-state index in [1.807, 2.05) is 0 Å². The molecule has 0 radical (unpaired) electrons. The summed E-state index contributed by atoms with van der Waals surface area (Å²) in [6.45, 7) is 6.50. The van der Waals surface area contributed by atoms with Crippen molar-refractivity contribution in [2.24, 2.45) is 0 Å². The lowest BCUT2D eigenvalue weighted by Gasteiger charge is -2.18. The van der Waals surface area contributed by atoms with Crippen LogP contribution in [0, 0.1) is 0 Å². The highest BCUT2D eigenvalue weighted by Crippen LogP contribution is 2.16. The van der Waals surface area contributed by atoms with E-state index in [9.17, 15) is 14.4 Å². The van der Waals surface area contributed by atoms with E-state index < -0.39 is 6.10 Å². The van der Waals surface area contributed by atoms with Gasteiger partial charge in [-0.15, -0.1) is 0 Å². The van der Waals surface area contributed by atoms with Gasteiger partial charge in [-0.1, -0.05) is 254 Å². The molecule has 0 fully saturated rings. The summed E-state index contributed by atoms with van der Waals surface area (Å²) in [5.74, 6) is -0.879. The van der Waals surface area contributed by atoms with Gasteiger partial charge in [0.2, 0.25) is 0 Å². The van der Waals surface area contributed by atoms with Crippen molar-refractivity contribution in [1.29, 1.82) is 0 Å². The molecule has 0 bridgehead atoms. The number of hydrogen-bond acceptors (Lipinski definition) is 6. The minimum atomic E-state index is -0.776. The molecule has 1 atom stereocenters. The predicted octanol–water partition coefficient (Wildman–Crippen LogP) is 19.8. The first-order chi connectivity index (χ1) is 34.0. The maximum atomic E-state index is 12.8. The Bertz CT molecular complexity index is 1290. The molecule has 0 aromatic heterocycles. The summed E-state index contributed by atoms with van der Waals surface area (Å²) in [4.78, 5) is 38.0. The first-order valence-corrected chi connectivity index (χ1v) is 29.4. The van der Waals surface area contributed by atoms with Crippen LogP contribution in [0.4, 0.5) is 0 Å². The lowest BCUT2D eigenvalue weighted by atomic mass is 10.0. The van der Waals surface area contributed by atoms with Crippen LogP contribution < -0.4 is 0 Å². The molecule has 398 valence electrons. The third-order valence-electron chi connectivity index (χ3n) is 12.7. The van der Waals surface area contributed by atoms with E-state index in [0.717, 1.165) is 103 Å². The van der Waals surface area contributed by atoms with Crippen molar-refractivity contribution < 1.29 is 28.6 Å². The van der Waals surface area contributed by atoms with Crippen molar-refractivity contribution in [1.82, 2.24) is 0 Å². The topological polar surface area (TPSA) is 78.9 Å². The zero-order valence-corrected chi connectivity index (χ0v) is 45.6. The molecular formula is C63H110O6. The Kier molecular flexibility index (Phi) is 54.8. The molecule has 6 heteroatoms. The quantitative estimate of drug-likeness (QED) is 0.0262. The van der Waals surface area contributed by atoms with Crippen LogP contribution in [-0.4, -0.2) is 37.2 Å². The molecule has 0 aliphatic carbocycles. The lowest BCUT2D eigenvalue weighted by Crippen LogP contribution is -2.30.